The Balaban J connectivity index is 2.29. The van der Waals surface area contributed by atoms with Crippen molar-refractivity contribution in [2.24, 2.45) is 0 Å². The minimum Gasteiger partial charge on any atom is -0.397 e. The Hall–Kier alpha value is -1.67. The highest BCUT2D eigenvalue weighted by Gasteiger charge is 2.02. The second kappa shape index (κ2) is 4.24. The first-order valence-corrected chi connectivity index (χ1v) is 5.01. The first-order valence-electron chi connectivity index (χ1n) is 4.63. The van der Waals surface area contributed by atoms with E-state index < -0.39 is 0 Å². The predicted octanol–water partition coefficient (Wildman–Crippen LogP) is 3.67. The third-order valence-electron chi connectivity index (χ3n) is 2.08. The zero-order chi connectivity index (χ0) is 10.7. The molecule has 0 fully saturated rings. The van der Waals surface area contributed by atoms with Gasteiger partial charge in [-0.3, -0.25) is 0 Å². The van der Waals surface area contributed by atoms with Crippen LogP contribution in [0.4, 0.5) is 17.1 Å². The molecule has 0 heterocycles. The van der Waals surface area contributed by atoms with Crippen LogP contribution in [0.3, 0.4) is 0 Å². The molecule has 0 amide bonds. The van der Waals surface area contributed by atoms with Crippen LogP contribution in [0.1, 0.15) is 0 Å². The number of hydrogen-bond acceptors (Lipinski definition) is 2. The molecular formula is C12H11ClN2. The number of benzene rings is 2. The predicted molar refractivity (Wildman–Crippen MR) is 65.6 cm³/mol. The quantitative estimate of drug-likeness (QED) is 0.755. The maximum atomic E-state index is 6.06. The van der Waals surface area contributed by atoms with Gasteiger partial charge in [0.05, 0.1) is 16.4 Å². The summed E-state index contributed by atoms with van der Waals surface area (Å²) in [5.41, 5.74) is 8.10. The highest BCUT2D eigenvalue weighted by atomic mass is 35.5. The molecule has 0 atom stereocenters. The fourth-order valence-electron chi connectivity index (χ4n) is 1.32. The first kappa shape index (κ1) is 9.87. The molecule has 0 aliphatic rings. The number of rotatable bonds is 2. The summed E-state index contributed by atoms with van der Waals surface area (Å²) in [5.74, 6) is 0. The van der Waals surface area contributed by atoms with Gasteiger partial charge < -0.3 is 11.1 Å². The van der Waals surface area contributed by atoms with Gasteiger partial charge in [0.1, 0.15) is 0 Å². The normalized spacial score (nSPS) is 9.93. The molecule has 2 aromatic carbocycles. The number of halogens is 1. The van der Waals surface area contributed by atoms with Gasteiger partial charge >= 0.3 is 0 Å². The summed E-state index contributed by atoms with van der Waals surface area (Å²) in [6, 6.07) is 15.4. The Kier molecular flexibility index (Phi) is 2.79. The lowest BCUT2D eigenvalue weighted by Crippen LogP contribution is -1.93. The summed E-state index contributed by atoms with van der Waals surface area (Å²) < 4.78 is 0. The third-order valence-corrected chi connectivity index (χ3v) is 2.50. The van der Waals surface area contributed by atoms with Gasteiger partial charge in [0.2, 0.25) is 0 Å². The molecule has 76 valence electrons. The van der Waals surface area contributed by atoms with Gasteiger partial charge in [0.25, 0.3) is 0 Å². The summed E-state index contributed by atoms with van der Waals surface area (Å²) >= 11 is 6.06. The fourth-order valence-corrected chi connectivity index (χ4v) is 1.50. The van der Waals surface area contributed by atoms with Gasteiger partial charge in [-0.25, -0.2) is 0 Å². The standard InChI is InChI=1S/C12H11ClN2/c13-12-10(14)7-4-8-11(12)15-9-5-2-1-3-6-9/h1-8,15H,14H2. The minimum atomic E-state index is 0.557. The molecule has 2 aromatic rings. The minimum absolute atomic E-state index is 0.557. The van der Waals surface area contributed by atoms with E-state index in [1.54, 1.807) is 6.07 Å². The van der Waals surface area contributed by atoms with Crippen molar-refractivity contribution in [2.45, 2.75) is 0 Å². The lowest BCUT2D eigenvalue weighted by molar-refractivity contribution is 1.55. The maximum Gasteiger partial charge on any atom is 0.0870 e. The second-order valence-corrected chi connectivity index (χ2v) is 3.58. The zero-order valence-electron chi connectivity index (χ0n) is 8.07. The zero-order valence-corrected chi connectivity index (χ0v) is 8.83. The van der Waals surface area contributed by atoms with Crippen molar-refractivity contribution in [3.63, 3.8) is 0 Å². The molecule has 0 saturated heterocycles. The molecule has 0 unspecified atom stereocenters. The average Bonchev–Trinajstić information content (AvgIpc) is 2.26. The summed E-state index contributed by atoms with van der Waals surface area (Å²) in [7, 11) is 0. The molecule has 0 aromatic heterocycles. The molecule has 2 nitrogen and oxygen atoms in total. The summed E-state index contributed by atoms with van der Waals surface area (Å²) in [5, 5.41) is 3.76. The van der Waals surface area contributed by atoms with Crippen LogP contribution in [-0.2, 0) is 0 Å². The summed E-state index contributed by atoms with van der Waals surface area (Å²) in [4.78, 5) is 0. The first-order chi connectivity index (χ1) is 7.27. The molecule has 0 bridgehead atoms. The van der Waals surface area contributed by atoms with Crippen LogP contribution in [0.25, 0.3) is 0 Å². The Labute approximate surface area is 93.7 Å². The molecular weight excluding hydrogens is 208 g/mol. The molecule has 0 radical (unpaired) electrons. The van der Waals surface area contributed by atoms with E-state index in [-0.39, 0.29) is 0 Å². The molecule has 2 rings (SSSR count). The van der Waals surface area contributed by atoms with Crippen molar-refractivity contribution in [3.05, 3.63) is 53.6 Å². The monoisotopic (exact) mass is 218 g/mol. The van der Waals surface area contributed by atoms with Crippen LogP contribution in [-0.4, -0.2) is 0 Å². The van der Waals surface area contributed by atoms with E-state index in [9.17, 15) is 0 Å². The van der Waals surface area contributed by atoms with Gasteiger partial charge in [-0.1, -0.05) is 35.9 Å². The summed E-state index contributed by atoms with van der Waals surface area (Å²) in [6.45, 7) is 0. The van der Waals surface area contributed by atoms with Gasteiger partial charge in [0.15, 0.2) is 0 Å². The fraction of sp³-hybridized carbons (Fsp3) is 0. The topological polar surface area (TPSA) is 38.0 Å². The lowest BCUT2D eigenvalue weighted by atomic mass is 10.2. The highest BCUT2D eigenvalue weighted by Crippen LogP contribution is 2.29. The second-order valence-electron chi connectivity index (χ2n) is 3.20. The highest BCUT2D eigenvalue weighted by molar-refractivity contribution is 6.35. The molecule has 0 saturated carbocycles. The average molecular weight is 219 g/mol. The molecule has 0 aliphatic carbocycles. The number of nitrogens with two attached hydrogens (primary N) is 1. The number of nitrogens with one attached hydrogen (secondary N) is 1. The van der Waals surface area contributed by atoms with Crippen molar-refractivity contribution in [1.29, 1.82) is 0 Å². The summed E-state index contributed by atoms with van der Waals surface area (Å²) in [6.07, 6.45) is 0. The van der Waals surface area contributed by atoms with Crippen LogP contribution < -0.4 is 11.1 Å². The Bertz CT molecular complexity index is 454. The van der Waals surface area contributed by atoms with Crippen molar-refractivity contribution >= 4 is 28.7 Å². The van der Waals surface area contributed by atoms with E-state index in [1.165, 1.54) is 0 Å². The lowest BCUT2D eigenvalue weighted by Gasteiger charge is -2.09. The van der Waals surface area contributed by atoms with Gasteiger partial charge in [-0.2, -0.15) is 0 Å². The van der Waals surface area contributed by atoms with Crippen LogP contribution in [0, 0.1) is 0 Å². The third kappa shape index (κ3) is 2.22. The van der Waals surface area contributed by atoms with Gasteiger partial charge in [-0.15, -0.1) is 0 Å². The van der Waals surface area contributed by atoms with Crippen molar-refractivity contribution in [1.82, 2.24) is 0 Å². The maximum absolute atomic E-state index is 6.06. The van der Waals surface area contributed by atoms with E-state index in [0.717, 1.165) is 11.4 Å². The Morgan fingerprint density at radius 2 is 1.67 bits per heavy atom. The Morgan fingerprint density at radius 1 is 0.933 bits per heavy atom. The van der Waals surface area contributed by atoms with E-state index in [2.05, 4.69) is 5.32 Å². The van der Waals surface area contributed by atoms with Gasteiger partial charge in [0, 0.05) is 5.69 Å². The molecule has 3 N–H and O–H groups in total. The molecule has 0 spiro atoms. The number of hydrogen-bond donors (Lipinski definition) is 2. The van der Waals surface area contributed by atoms with E-state index >= 15 is 0 Å². The van der Waals surface area contributed by atoms with Crippen LogP contribution in [0.5, 0.6) is 0 Å². The van der Waals surface area contributed by atoms with E-state index in [1.807, 2.05) is 42.5 Å². The molecule has 0 aliphatic heterocycles. The van der Waals surface area contributed by atoms with Crippen molar-refractivity contribution in [2.75, 3.05) is 11.1 Å². The Morgan fingerprint density at radius 3 is 2.40 bits per heavy atom. The van der Waals surface area contributed by atoms with Crippen LogP contribution in [0.2, 0.25) is 5.02 Å². The van der Waals surface area contributed by atoms with Crippen molar-refractivity contribution < 1.29 is 0 Å². The van der Waals surface area contributed by atoms with E-state index in [4.69, 9.17) is 17.3 Å². The molecule has 3 heteroatoms. The SMILES string of the molecule is Nc1cccc(Nc2ccccc2)c1Cl. The molecule has 15 heavy (non-hydrogen) atoms. The van der Waals surface area contributed by atoms with E-state index in [0.29, 0.717) is 10.7 Å². The van der Waals surface area contributed by atoms with Gasteiger partial charge in [-0.05, 0) is 24.3 Å². The van der Waals surface area contributed by atoms with Crippen molar-refractivity contribution in [3.8, 4) is 0 Å². The number of para-hydroxylation sites is 1. The number of anilines is 3. The smallest absolute Gasteiger partial charge is 0.0870 e. The number of nitrogen functional groups attached to an aromatic ring is 1. The largest absolute Gasteiger partial charge is 0.397 e. The van der Waals surface area contributed by atoms with Crippen LogP contribution in [0.15, 0.2) is 48.5 Å². The van der Waals surface area contributed by atoms with Crippen LogP contribution >= 0.6 is 11.6 Å².